The van der Waals surface area contributed by atoms with E-state index in [2.05, 4.69) is 15.1 Å². The van der Waals surface area contributed by atoms with Crippen molar-refractivity contribution >= 4 is 0 Å². The van der Waals surface area contributed by atoms with E-state index in [1.165, 1.54) is 0 Å². The third-order valence-electron chi connectivity index (χ3n) is 2.97. The van der Waals surface area contributed by atoms with Crippen molar-refractivity contribution in [3.05, 3.63) is 42.6 Å². The third kappa shape index (κ3) is 2.69. The highest BCUT2D eigenvalue weighted by Gasteiger charge is 2.11. The molecule has 0 aliphatic carbocycles. The van der Waals surface area contributed by atoms with E-state index in [-0.39, 0.29) is 0 Å². The standard InChI is InChI=1S/C15H13N3O3/c1-19-12-5-3-10(4-6-12)14-17-15(21-18-14)11-7-8-16-13(9-11)20-2/h3-9H,1-2H3. The zero-order chi connectivity index (χ0) is 14.7. The molecule has 0 saturated heterocycles. The second-order valence-corrected chi connectivity index (χ2v) is 4.24. The molecule has 2 aromatic heterocycles. The number of aromatic nitrogens is 3. The summed E-state index contributed by atoms with van der Waals surface area (Å²) in [6.45, 7) is 0. The van der Waals surface area contributed by atoms with Crippen molar-refractivity contribution in [1.82, 2.24) is 15.1 Å². The monoisotopic (exact) mass is 283 g/mol. The highest BCUT2D eigenvalue weighted by atomic mass is 16.5. The average molecular weight is 283 g/mol. The summed E-state index contributed by atoms with van der Waals surface area (Å²) in [5.41, 5.74) is 1.61. The topological polar surface area (TPSA) is 70.3 Å². The van der Waals surface area contributed by atoms with Crippen molar-refractivity contribution in [1.29, 1.82) is 0 Å². The van der Waals surface area contributed by atoms with E-state index in [1.54, 1.807) is 32.5 Å². The summed E-state index contributed by atoms with van der Waals surface area (Å²) in [5.74, 6) is 2.21. The van der Waals surface area contributed by atoms with Gasteiger partial charge in [0, 0.05) is 23.4 Å². The van der Waals surface area contributed by atoms with Crippen LogP contribution in [0.4, 0.5) is 0 Å². The van der Waals surface area contributed by atoms with E-state index in [0.29, 0.717) is 17.6 Å². The summed E-state index contributed by atoms with van der Waals surface area (Å²) in [5, 5.41) is 3.99. The molecule has 0 bridgehead atoms. The number of ether oxygens (including phenoxy) is 2. The van der Waals surface area contributed by atoms with Gasteiger partial charge in [-0.1, -0.05) is 5.16 Å². The minimum atomic E-state index is 0.418. The molecule has 3 aromatic rings. The van der Waals surface area contributed by atoms with Gasteiger partial charge >= 0.3 is 0 Å². The molecule has 0 spiro atoms. The SMILES string of the molecule is COc1ccc(-c2noc(-c3ccnc(OC)c3)n2)cc1. The fraction of sp³-hybridized carbons (Fsp3) is 0.133. The second kappa shape index (κ2) is 5.62. The van der Waals surface area contributed by atoms with Gasteiger partial charge in [-0.2, -0.15) is 4.98 Å². The van der Waals surface area contributed by atoms with Gasteiger partial charge in [-0.3, -0.25) is 0 Å². The van der Waals surface area contributed by atoms with Crippen LogP contribution in [-0.4, -0.2) is 29.3 Å². The van der Waals surface area contributed by atoms with Crippen molar-refractivity contribution in [2.75, 3.05) is 14.2 Å². The molecule has 6 heteroatoms. The Kier molecular flexibility index (Phi) is 3.51. The van der Waals surface area contributed by atoms with Crippen LogP contribution in [0, 0.1) is 0 Å². The van der Waals surface area contributed by atoms with E-state index >= 15 is 0 Å². The maximum Gasteiger partial charge on any atom is 0.258 e. The average Bonchev–Trinajstić information content (AvgIpc) is 3.05. The Balaban J connectivity index is 1.91. The summed E-state index contributed by atoms with van der Waals surface area (Å²) >= 11 is 0. The Morgan fingerprint density at radius 2 is 1.76 bits per heavy atom. The fourth-order valence-electron chi connectivity index (χ4n) is 1.85. The fourth-order valence-corrected chi connectivity index (χ4v) is 1.85. The molecule has 0 unspecified atom stereocenters. The van der Waals surface area contributed by atoms with Crippen LogP contribution < -0.4 is 9.47 Å². The number of rotatable bonds is 4. The molecule has 1 aromatic carbocycles. The number of methoxy groups -OCH3 is 2. The molecule has 3 rings (SSSR count). The predicted molar refractivity (Wildman–Crippen MR) is 76.1 cm³/mol. The van der Waals surface area contributed by atoms with Gasteiger partial charge in [0.25, 0.3) is 5.89 Å². The number of hydrogen-bond donors (Lipinski definition) is 0. The predicted octanol–water partition coefficient (Wildman–Crippen LogP) is 2.82. The van der Waals surface area contributed by atoms with E-state index < -0.39 is 0 Å². The summed E-state index contributed by atoms with van der Waals surface area (Å²) in [6, 6.07) is 11.0. The molecule has 2 heterocycles. The third-order valence-corrected chi connectivity index (χ3v) is 2.97. The normalized spacial score (nSPS) is 10.4. The quantitative estimate of drug-likeness (QED) is 0.733. The van der Waals surface area contributed by atoms with Gasteiger partial charge in [-0.25, -0.2) is 4.98 Å². The highest BCUT2D eigenvalue weighted by molar-refractivity contribution is 5.60. The Morgan fingerprint density at radius 1 is 0.952 bits per heavy atom. The lowest BCUT2D eigenvalue weighted by Gasteiger charge is -1.99. The van der Waals surface area contributed by atoms with Crippen LogP contribution in [0.25, 0.3) is 22.8 Å². The van der Waals surface area contributed by atoms with Gasteiger partial charge in [0.15, 0.2) is 0 Å². The summed E-state index contributed by atoms with van der Waals surface area (Å²) in [7, 11) is 3.18. The van der Waals surface area contributed by atoms with Gasteiger partial charge in [-0.05, 0) is 30.3 Å². The largest absolute Gasteiger partial charge is 0.497 e. The number of pyridine rings is 1. The molecule has 0 N–H and O–H groups in total. The van der Waals surface area contributed by atoms with E-state index in [1.807, 2.05) is 24.3 Å². The van der Waals surface area contributed by atoms with Crippen LogP contribution in [0.2, 0.25) is 0 Å². The molecule has 106 valence electrons. The first-order chi connectivity index (χ1) is 10.3. The van der Waals surface area contributed by atoms with Crippen LogP contribution >= 0.6 is 0 Å². The molecule has 0 saturated carbocycles. The Hall–Kier alpha value is -2.89. The first-order valence-electron chi connectivity index (χ1n) is 6.28. The van der Waals surface area contributed by atoms with Crippen LogP contribution in [0.5, 0.6) is 11.6 Å². The highest BCUT2D eigenvalue weighted by Crippen LogP contribution is 2.25. The van der Waals surface area contributed by atoms with Crippen molar-refractivity contribution in [3.63, 3.8) is 0 Å². The lowest BCUT2D eigenvalue weighted by molar-refractivity contribution is 0.397. The van der Waals surface area contributed by atoms with E-state index in [9.17, 15) is 0 Å². The second-order valence-electron chi connectivity index (χ2n) is 4.24. The molecular weight excluding hydrogens is 270 g/mol. The van der Waals surface area contributed by atoms with Crippen LogP contribution in [-0.2, 0) is 0 Å². The number of hydrogen-bond acceptors (Lipinski definition) is 6. The van der Waals surface area contributed by atoms with Gasteiger partial charge in [0.2, 0.25) is 11.7 Å². The van der Waals surface area contributed by atoms with E-state index in [4.69, 9.17) is 14.0 Å². The molecule has 0 aliphatic rings. The molecule has 6 nitrogen and oxygen atoms in total. The molecule has 0 amide bonds. The minimum Gasteiger partial charge on any atom is -0.497 e. The number of benzene rings is 1. The lowest BCUT2D eigenvalue weighted by Crippen LogP contribution is -1.87. The lowest BCUT2D eigenvalue weighted by atomic mass is 10.2. The van der Waals surface area contributed by atoms with Crippen LogP contribution in [0.15, 0.2) is 47.1 Å². The zero-order valence-electron chi connectivity index (χ0n) is 11.6. The van der Waals surface area contributed by atoms with Gasteiger partial charge < -0.3 is 14.0 Å². The molecule has 0 atom stereocenters. The first kappa shape index (κ1) is 13.1. The number of nitrogens with zero attached hydrogens (tertiary/aromatic N) is 3. The summed E-state index contributed by atoms with van der Waals surface area (Å²) < 4.78 is 15.5. The first-order valence-corrected chi connectivity index (χ1v) is 6.28. The van der Waals surface area contributed by atoms with Gasteiger partial charge in [-0.15, -0.1) is 0 Å². The smallest absolute Gasteiger partial charge is 0.258 e. The molecule has 0 aliphatic heterocycles. The summed E-state index contributed by atoms with van der Waals surface area (Å²) in [4.78, 5) is 8.42. The molecular formula is C15H13N3O3. The molecule has 21 heavy (non-hydrogen) atoms. The van der Waals surface area contributed by atoms with E-state index in [0.717, 1.165) is 16.9 Å². The van der Waals surface area contributed by atoms with Gasteiger partial charge in [0.05, 0.1) is 14.2 Å². The maximum atomic E-state index is 5.29. The van der Waals surface area contributed by atoms with Crippen molar-refractivity contribution in [3.8, 4) is 34.5 Å². The van der Waals surface area contributed by atoms with Gasteiger partial charge in [0.1, 0.15) is 5.75 Å². The molecule has 0 fully saturated rings. The Bertz CT molecular complexity index is 738. The Morgan fingerprint density at radius 3 is 2.48 bits per heavy atom. The zero-order valence-corrected chi connectivity index (χ0v) is 11.6. The van der Waals surface area contributed by atoms with Crippen LogP contribution in [0.3, 0.4) is 0 Å². The van der Waals surface area contributed by atoms with Crippen LogP contribution in [0.1, 0.15) is 0 Å². The van der Waals surface area contributed by atoms with Crippen molar-refractivity contribution in [2.45, 2.75) is 0 Å². The maximum absolute atomic E-state index is 5.29. The molecule has 0 radical (unpaired) electrons. The Labute approximate surface area is 121 Å². The van der Waals surface area contributed by atoms with Crippen molar-refractivity contribution in [2.24, 2.45) is 0 Å². The summed E-state index contributed by atoms with van der Waals surface area (Å²) in [6.07, 6.45) is 1.63. The van der Waals surface area contributed by atoms with Crippen molar-refractivity contribution < 1.29 is 14.0 Å². The minimum absolute atomic E-state index is 0.418.